The molecule has 0 saturated heterocycles. The van der Waals surface area contributed by atoms with Crippen LogP contribution >= 0.6 is 0 Å². The lowest BCUT2D eigenvalue weighted by Gasteiger charge is -2.26. The van der Waals surface area contributed by atoms with E-state index < -0.39 is 0 Å². The van der Waals surface area contributed by atoms with Gasteiger partial charge < -0.3 is 10.2 Å². The largest absolute Gasteiger partial charge is 0.350 e. The van der Waals surface area contributed by atoms with E-state index in [1.54, 1.807) is 11.9 Å². The molecule has 0 bridgehead atoms. The number of hydrogen-bond acceptors (Lipinski definition) is 3. The Labute approximate surface area is 138 Å². The molecule has 1 atom stereocenters. The van der Waals surface area contributed by atoms with E-state index in [1.165, 1.54) is 5.56 Å². The van der Waals surface area contributed by atoms with E-state index in [1.807, 2.05) is 43.9 Å². The number of likely N-dealkylation sites (N-methyl/N-ethyl adjacent to an activating group) is 1. The third-order valence-electron chi connectivity index (χ3n) is 3.81. The molecule has 1 heterocycles. The first-order valence-electron chi connectivity index (χ1n) is 8.07. The number of carbonyl (C=O) groups excluding carboxylic acids is 2. The third-order valence-corrected chi connectivity index (χ3v) is 3.81. The number of rotatable bonds is 4. The van der Waals surface area contributed by atoms with Crippen LogP contribution in [0, 0.1) is 0 Å². The maximum absolute atomic E-state index is 12.6. The Kier molecular flexibility index (Phi) is 5.09. The molecule has 126 valence electrons. The van der Waals surface area contributed by atoms with Gasteiger partial charge in [0.05, 0.1) is 13.1 Å². The molecule has 0 unspecified atom stereocenters. The number of nitrogens with zero attached hydrogens (tertiary/aromatic N) is 2. The molecule has 2 amide bonds. The fraction of sp³-hybridized carbons (Fsp3) is 0.556. The molecule has 0 radical (unpaired) electrons. The molecule has 1 aliphatic heterocycles. The summed E-state index contributed by atoms with van der Waals surface area (Å²) in [5.74, 6) is -0.0313. The summed E-state index contributed by atoms with van der Waals surface area (Å²) in [7, 11) is 1.80. The summed E-state index contributed by atoms with van der Waals surface area (Å²) in [6.07, 6.45) is 0.885. The van der Waals surface area contributed by atoms with Gasteiger partial charge in [0.1, 0.15) is 0 Å². The molecule has 0 aliphatic carbocycles. The third kappa shape index (κ3) is 4.55. The van der Waals surface area contributed by atoms with Crippen LogP contribution in [-0.4, -0.2) is 48.4 Å². The number of carbonyl (C=O) groups is 2. The lowest BCUT2D eigenvalue weighted by Crippen LogP contribution is -2.48. The first-order valence-corrected chi connectivity index (χ1v) is 8.07. The first-order chi connectivity index (χ1) is 10.7. The Bertz CT molecular complexity index is 592. The first kappa shape index (κ1) is 17.5. The van der Waals surface area contributed by atoms with E-state index in [-0.39, 0.29) is 36.5 Å². The Balaban J connectivity index is 1.95. The Morgan fingerprint density at radius 1 is 1.26 bits per heavy atom. The van der Waals surface area contributed by atoms with Crippen LogP contribution in [0.25, 0.3) is 0 Å². The minimum atomic E-state index is -0.260. The molecule has 23 heavy (non-hydrogen) atoms. The van der Waals surface area contributed by atoms with E-state index in [4.69, 9.17) is 0 Å². The molecule has 0 aromatic heterocycles. The molecule has 1 aromatic carbocycles. The predicted octanol–water partition coefficient (Wildman–Crippen LogP) is 1.81. The molecule has 5 nitrogen and oxygen atoms in total. The lowest BCUT2D eigenvalue weighted by atomic mass is 10.1. The highest BCUT2D eigenvalue weighted by Gasteiger charge is 2.31. The summed E-state index contributed by atoms with van der Waals surface area (Å²) in [5, 5.41) is 2.91. The van der Waals surface area contributed by atoms with Gasteiger partial charge in [-0.25, -0.2) is 0 Å². The quantitative estimate of drug-likeness (QED) is 0.921. The Morgan fingerprint density at radius 2 is 1.91 bits per heavy atom. The highest BCUT2D eigenvalue weighted by Crippen LogP contribution is 2.31. The van der Waals surface area contributed by atoms with Gasteiger partial charge in [-0.2, -0.15) is 0 Å². The second-order valence-electron chi connectivity index (χ2n) is 7.42. The minimum Gasteiger partial charge on any atom is -0.350 e. The van der Waals surface area contributed by atoms with Crippen molar-refractivity contribution in [2.45, 2.75) is 45.7 Å². The molecule has 1 aliphatic rings. The van der Waals surface area contributed by atoms with E-state index in [0.29, 0.717) is 0 Å². The smallest absolute Gasteiger partial charge is 0.241 e. The zero-order valence-electron chi connectivity index (χ0n) is 14.7. The van der Waals surface area contributed by atoms with E-state index in [2.05, 4.69) is 18.3 Å². The highest BCUT2D eigenvalue weighted by molar-refractivity contribution is 5.97. The second kappa shape index (κ2) is 6.71. The summed E-state index contributed by atoms with van der Waals surface area (Å²) in [4.78, 5) is 28.2. The number of nitrogens with one attached hydrogen (secondary N) is 1. The maximum Gasteiger partial charge on any atom is 0.241 e. The fourth-order valence-corrected chi connectivity index (χ4v) is 3.01. The van der Waals surface area contributed by atoms with E-state index in [0.717, 1.165) is 12.1 Å². The number of benzene rings is 1. The summed E-state index contributed by atoms with van der Waals surface area (Å²) in [6, 6.07) is 8.18. The van der Waals surface area contributed by atoms with Crippen molar-refractivity contribution in [3.8, 4) is 0 Å². The van der Waals surface area contributed by atoms with Crippen LogP contribution < -0.4 is 10.2 Å². The average molecular weight is 317 g/mol. The standard InChI is InChI=1S/C18H27N3O2/c1-13-10-14-8-6-7-9-15(14)21(13)17(23)12-20(5)11-16(22)19-18(2,3)4/h6-9,13H,10-12H2,1-5H3,(H,19,22)/t13-/m1/s1. The van der Waals surface area contributed by atoms with Gasteiger partial charge in [-0.3, -0.25) is 14.5 Å². The van der Waals surface area contributed by atoms with Crippen molar-refractivity contribution in [3.63, 3.8) is 0 Å². The monoisotopic (exact) mass is 317 g/mol. The number of para-hydroxylation sites is 1. The van der Waals surface area contributed by atoms with Crippen LogP contribution in [0.2, 0.25) is 0 Å². The molecule has 0 saturated carbocycles. The number of hydrogen-bond donors (Lipinski definition) is 1. The number of fused-ring (bicyclic) bond motifs is 1. The van der Waals surface area contributed by atoms with Crippen molar-refractivity contribution >= 4 is 17.5 Å². The van der Waals surface area contributed by atoms with Crippen LogP contribution in [-0.2, 0) is 16.0 Å². The zero-order chi connectivity index (χ0) is 17.2. The van der Waals surface area contributed by atoms with Gasteiger partial charge in [0, 0.05) is 17.3 Å². The molecular weight excluding hydrogens is 290 g/mol. The predicted molar refractivity (Wildman–Crippen MR) is 92.5 cm³/mol. The molecular formula is C18H27N3O2. The summed E-state index contributed by atoms with van der Waals surface area (Å²) in [6.45, 7) is 8.34. The lowest BCUT2D eigenvalue weighted by molar-refractivity contribution is -0.124. The van der Waals surface area contributed by atoms with Crippen molar-refractivity contribution in [2.75, 3.05) is 25.0 Å². The van der Waals surface area contributed by atoms with Crippen molar-refractivity contribution in [1.82, 2.24) is 10.2 Å². The van der Waals surface area contributed by atoms with Gasteiger partial charge in [-0.15, -0.1) is 0 Å². The topological polar surface area (TPSA) is 52.7 Å². The normalized spacial score (nSPS) is 17.3. The Hall–Kier alpha value is -1.88. The zero-order valence-corrected chi connectivity index (χ0v) is 14.7. The SMILES string of the molecule is C[C@@H]1Cc2ccccc2N1C(=O)CN(C)CC(=O)NC(C)(C)C. The number of amides is 2. The van der Waals surface area contributed by atoms with Gasteiger partial charge in [0.15, 0.2) is 0 Å². The van der Waals surface area contributed by atoms with Crippen molar-refractivity contribution in [1.29, 1.82) is 0 Å². The maximum atomic E-state index is 12.6. The summed E-state index contributed by atoms with van der Waals surface area (Å²) >= 11 is 0. The fourth-order valence-electron chi connectivity index (χ4n) is 3.01. The van der Waals surface area contributed by atoms with Crippen molar-refractivity contribution in [2.24, 2.45) is 0 Å². The molecule has 5 heteroatoms. The Morgan fingerprint density at radius 3 is 2.57 bits per heavy atom. The van der Waals surface area contributed by atoms with Gasteiger partial charge >= 0.3 is 0 Å². The molecule has 0 fully saturated rings. The van der Waals surface area contributed by atoms with Crippen molar-refractivity contribution in [3.05, 3.63) is 29.8 Å². The number of anilines is 1. The minimum absolute atomic E-state index is 0.0357. The summed E-state index contributed by atoms with van der Waals surface area (Å²) in [5.41, 5.74) is 1.95. The molecule has 0 spiro atoms. The van der Waals surface area contributed by atoms with Crippen molar-refractivity contribution < 1.29 is 9.59 Å². The highest BCUT2D eigenvalue weighted by atomic mass is 16.2. The summed E-state index contributed by atoms with van der Waals surface area (Å²) < 4.78 is 0. The van der Waals surface area contributed by atoms with Crippen LogP contribution in [0.5, 0.6) is 0 Å². The van der Waals surface area contributed by atoms with Gasteiger partial charge in [-0.05, 0) is 52.8 Å². The van der Waals surface area contributed by atoms with Crippen LogP contribution in [0.15, 0.2) is 24.3 Å². The molecule has 2 rings (SSSR count). The molecule has 1 aromatic rings. The average Bonchev–Trinajstić information content (AvgIpc) is 2.71. The van der Waals surface area contributed by atoms with Gasteiger partial charge in [-0.1, -0.05) is 18.2 Å². The second-order valence-corrected chi connectivity index (χ2v) is 7.42. The van der Waals surface area contributed by atoms with E-state index in [9.17, 15) is 9.59 Å². The van der Waals surface area contributed by atoms with Crippen LogP contribution in [0.3, 0.4) is 0 Å². The van der Waals surface area contributed by atoms with E-state index >= 15 is 0 Å². The van der Waals surface area contributed by atoms with Gasteiger partial charge in [0.25, 0.3) is 0 Å². The van der Waals surface area contributed by atoms with Crippen LogP contribution in [0.1, 0.15) is 33.3 Å². The van der Waals surface area contributed by atoms with Gasteiger partial charge in [0.2, 0.25) is 11.8 Å². The van der Waals surface area contributed by atoms with Crippen LogP contribution in [0.4, 0.5) is 5.69 Å². The molecule has 1 N–H and O–H groups in total.